The lowest BCUT2D eigenvalue weighted by atomic mass is 9.66. The molecular formula is C64H51N. The number of fused-ring (bicyclic) bond motifs is 11. The van der Waals surface area contributed by atoms with Gasteiger partial charge in [-0.15, -0.1) is 0 Å². The molecule has 1 heteroatoms. The molecule has 0 amide bonds. The smallest absolute Gasteiger partial charge is 0.0468 e. The van der Waals surface area contributed by atoms with Crippen LogP contribution in [-0.4, -0.2) is 0 Å². The second-order valence-corrected chi connectivity index (χ2v) is 19.7. The Morgan fingerprint density at radius 1 is 0.354 bits per heavy atom. The molecule has 65 heavy (non-hydrogen) atoms. The number of nitrogens with zero attached hydrogens (tertiary/aromatic N) is 1. The van der Waals surface area contributed by atoms with Gasteiger partial charge in [-0.3, -0.25) is 0 Å². The molecule has 1 spiro atoms. The average Bonchev–Trinajstić information content (AvgIpc) is 4.11. The van der Waals surface area contributed by atoms with E-state index < -0.39 is 0 Å². The summed E-state index contributed by atoms with van der Waals surface area (Å²) < 4.78 is 0. The molecule has 2 bridgehead atoms. The van der Waals surface area contributed by atoms with Crippen molar-refractivity contribution >= 4 is 17.1 Å². The van der Waals surface area contributed by atoms with Crippen LogP contribution in [0.25, 0.3) is 66.8 Å². The summed E-state index contributed by atoms with van der Waals surface area (Å²) in [7, 11) is 0. The molecule has 2 fully saturated rings. The average molecular weight is 834 g/mol. The number of rotatable bonds is 7. The molecule has 0 saturated heterocycles. The van der Waals surface area contributed by atoms with Crippen LogP contribution in [0.4, 0.5) is 17.1 Å². The molecule has 13 rings (SSSR count). The van der Waals surface area contributed by atoms with Crippen LogP contribution < -0.4 is 4.90 Å². The van der Waals surface area contributed by atoms with Gasteiger partial charge in [0.1, 0.15) is 0 Å². The highest BCUT2D eigenvalue weighted by Crippen LogP contribution is 2.66. The predicted octanol–water partition coefficient (Wildman–Crippen LogP) is 17.2. The SMILES string of the molecule is CC1(C)c2ccccc2-c2cc(N(c3ccc(-c4ccc(-c5ccc6c(c5)C5(CC7CCC5C7)c5ccccc5-6)c(-c5ccccc5)c4)cc3)c3cccc(-c4ccccc4)c3)ccc21. The quantitative estimate of drug-likeness (QED) is 0.155. The van der Waals surface area contributed by atoms with Crippen LogP contribution in [0.5, 0.6) is 0 Å². The van der Waals surface area contributed by atoms with Crippen molar-refractivity contribution in [3.8, 4) is 66.8 Å². The highest BCUT2D eigenvalue weighted by Gasteiger charge is 2.56. The van der Waals surface area contributed by atoms with Gasteiger partial charge in [-0.2, -0.15) is 0 Å². The Hall–Kier alpha value is -7.22. The van der Waals surface area contributed by atoms with Crippen molar-refractivity contribution in [2.24, 2.45) is 11.8 Å². The molecule has 1 nitrogen and oxygen atoms in total. The second-order valence-electron chi connectivity index (χ2n) is 19.7. The van der Waals surface area contributed by atoms with E-state index in [0.717, 1.165) is 28.9 Å². The van der Waals surface area contributed by atoms with Gasteiger partial charge in [0, 0.05) is 27.9 Å². The van der Waals surface area contributed by atoms with Crippen molar-refractivity contribution in [3.63, 3.8) is 0 Å². The fraction of sp³-hybridized carbons (Fsp3) is 0.156. The van der Waals surface area contributed by atoms with Crippen molar-refractivity contribution in [2.45, 2.75) is 50.4 Å². The Kier molecular flexibility index (Phi) is 8.63. The van der Waals surface area contributed by atoms with Gasteiger partial charge in [0.2, 0.25) is 0 Å². The van der Waals surface area contributed by atoms with E-state index in [0.29, 0.717) is 0 Å². The lowest BCUT2D eigenvalue weighted by Gasteiger charge is -2.36. The van der Waals surface area contributed by atoms with Crippen molar-refractivity contribution in [3.05, 3.63) is 235 Å². The van der Waals surface area contributed by atoms with Crippen molar-refractivity contribution in [1.82, 2.24) is 0 Å². The molecule has 0 aliphatic heterocycles. The van der Waals surface area contributed by atoms with E-state index >= 15 is 0 Å². The fourth-order valence-electron chi connectivity index (χ4n) is 12.9. The van der Waals surface area contributed by atoms with Gasteiger partial charge < -0.3 is 4.90 Å². The molecule has 3 atom stereocenters. The third kappa shape index (κ3) is 5.91. The zero-order valence-electron chi connectivity index (χ0n) is 37.1. The lowest BCUT2D eigenvalue weighted by Crippen LogP contribution is -2.31. The number of benzene rings is 9. The van der Waals surface area contributed by atoms with Gasteiger partial charge >= 0.3 is 0 Å². The summed E-state index contributed by atoms with van der Waals surface area (Å²) in [4.78, 5) is 2.43. The first-order valence-corrected chi connectivity index (χ1v) is 23.7. The second kappa shape index (κ2) is 14.7. The van der Waals surface area contributed by atoms with E-state index in [2.05, 4.69) is 231 Å². The molecule has 312 valence electrons. The van der Waals surface area contributed by atoms with Gasteiger partial charge in [0.15, 0.2) is 0 Å². The molecule has 9 aromatic carbocycles. The standard InChI is InChI=1S/C64H51N/c1-63(2)59-22-11-9-21-55(59)58-40-52(32-35-60(58)63)65(51-19-13-18-46(37-51)43-14-5-3-6-15-43)50-30-25-44(26-31-50)47-27-33-53(57(38-47)45-16-7-4-8-17-45)48-28-34-56-54-20-10-12-23-61(54)64(62(56)39-48)41-42-24-29-49(64)36-42/h3-23,25-28,30-35,37-40,42,49H,24,29,36,41H2,1-2H3. The summed E-state index contributed by atoms with van der Waals surface area (Å²) in [6, 6.07) is 79.8. The molecule has 0 radical (unpaired) electrons. The molecule has 3 unspecified atom stereocenters. The van der Waals surface area contributed by atoms with E-state index in [1.54, 1.807) is 11.1 Å². The van der Waals surface area contributed by atoms with Crippen molar-refractivity contribution < 1.29 is 0 Å². The minimum absolute atomic E-state index is 0.0531. The van der Waals surface area contributed by atoms with Crippen LogP contribution in [-0.2, 0) is 10.8 Å². The van der Waals surface area contributed by atoms with E-state index in [1.807, 2.05) is 0 Å². The zero-order valence-corrected chi connectivity index (χ0v) is 37.1. The van der Waals surface area contributed by atoms with Crippen LogP contribution in [0.15, 0.2) is 212 Å². The Morgan fingerprint density at radius 3 is 1.68 bits per heavy atom. The molecule has 4 aliphatic carbocycles. The molecule has 4 aliphatic rings. The first-order valence-electron chi connectivity index (χ1n) is 23.7. The van der Waals surface area contributed by atoms with Crippen LogP contribution in [0, 0.1) is 11.8 Å². The molecule has 2 saturated carbocycles. The van der Waals surface area contributed by atoms with Gasteiger partial charge in [-0.05, 0) is 169 Å². The fourth-order valence-corrected chi connectivity index (χ4v) is 12.9. The summed E-state index contributed by atoms with van der Waals surface area (Å²) in [5.41, 5.74) is 24.9. The minimum atomic E-state index is -0.0531. The third-order valence-electron chi connectivity index (χ3n) is 16.0. The Morgan fingerprint density at radius 2 is 0.923 bits per heavy atom. The number of hydrogen-bond donors (Lipinski definition) is 0. The van der Waals surface area contributed by atoms with Gasteiger partial charge in [-0.25, -0.2) is 0 Å². The highest BCUT2D eigenvalue weighted by atomic mass is 15.1. The summed E-state index contributed by atoms with van der Waals surface area (Å²) in [6.07, 6.45) is 5.41. The molecule has 0 aromatic heterocycles. The molecule has 9 aromatic rings. The van der Waals surface area contributed by atoms with Crippen molar-refractivity contribution in [2.75, 3.05) is 4.90 Å². The van der Waals surface area contributed by atoms with E-state index in [-0.39, 0.29) is 10.8 Å². The summed E-state index contributed by atoms with van der Waals surface area (Å²) in [5, 5.41) is 0. The third-order valence-corrected chi connectivity index (χ3v) is 16.0. The minimum Gasteiger partial charge on any atom is -0.310 e. The van der Waals surface area contributed by atoms with E-state index in [9.17, 15) is 0 Å². The summed E-state index contributed by atoms with van der Waals surface area (Å²) in [5.74, 6) is 1.58. The predicted molar refractivity (Wildman–Crippen MR) is 272 cm³/mol. The van der Waals surface area contributed by atoms with Crippen LogP contribution in [0.1, 0.15) is 61.8 Å². The molecular weight excluding hydrogens is 783 g/mol. The van der Waals surface area contributed by atoms with Crippen LogP contribution in [0.3, 0.4) is 0 Å². The molecule has 0 heterocycles. The maximum Gasteiger partial charge on any atom is 0.0468 e. The zero-order chi connectivity index (χ0) is 43.3. The largest absolute Gasteiger partial charge is 0.310 e. The normalized spacial score (nSPS) is 19.2. The van der Waals surface area contributed by atoms with E-state index in [4.69, 9.17) is 0 Å². The summed E-state index contributed by atoms with van der Waals surface area (Å²) >= 11 is 0. The topological polar surface area (TPSA) is 3.24 Å². The van der Waals surface area contributed by atoms with E-state index in [1.165, 1.54) is 104 Å². The Labute approximate surface area is 383 Å². The van der Waals surface area contributed by atoms with Crippen LogP contribution >= 0.6 is 0 Å². The molecule has 0 N–H and O–H groups in total. The first-order chi connectivity index (χ1) is 31.9. The maximum absolute atomic E-state index is 2.59. The number of hydrogen-bond acceptors (Lipinski definition) is 1. The van der Waals surface area contributed by atoms with Crippen molar-refractivity contribution in [1.29, 1.82) is 0 Å². The van der Waals surface area contributed by atoms with Gasteiger partial charge in [-0.1, -0.05) is 184 Å². The van der Waals surface area contributed by atoms with Gasteiger partial charge in [0.05, 0.1) is 0 Å². The van der Waals surface area contributed by atoms with Crippen LogP contribution in [0.2, 0.25) is 0 Å². The highest BCUT2D eigenvalue weighted by molar-refractivity contribution is 5.92. The maximum atomic E-state index is 2.59. The Balaban J connectivity index is 0.908. The number of anilines is 3. The monoisotopic (exact) mass is 833 g/mol. The lowest BCUT2D eigenvalue weighted by molar-refractivity contribution is 0.327. The first kappa shape index (κ1) is 38.3. The Bertz CT molecular complexity index is 3300. The van der Waals surface area contributed by atoms with Gasteiger partial charge in [0.25, 0.3) is 0 Å². The summed E-state index contributed by atoms with van der Waals surface area (Å²) in [6.45, 7) is 4.71.